The lowest BCUT2D eigenvalue weighted by Crippen LogP contribution is -2.66. The predicted octanol–water partition coefficient (Wildman–Crippen LogP) is 20.9. The fraction of sp³-hybridized carbons (Fsp3) is 0.890. The number of aliphatic hydroxyl groups is 11. The van der Waals surface area contributed by atoms with Gasteiger partial charge in [-0.3, -0.25) is 4.79 Å². The molecule has 119 heavy (non-hydrogen) atoms. The molecule has 0 bridgehead atoms. The molecule has 698 valence electrons. The maximum atomic E-state index is 13.6. The van der Waals surface area contributed by atoms with Gasteiger partial charge in [0.2, 0.25) is 5.91 Å². The zero-order chi connectivity index (χ0) is 85.9. The molecule has 0 aromatic rings. The van der Waals surface area contributed by atoms with Crippen molar-refractivity contribution in [3.63, 3.8) is 0 Å². The van der Waals surface area contributed by atoms with Gasteiger partial charge >= 0.3 is 0 Å². The molecule has 3 rings (SSSR count). The highest BCUT2D eigenvalue weighted by molar-refractivity contribution is 5.76. The van der Waals surface area contributed by atoms with E-state index < -0.39 is 124 Å². The zero-order valence-corrected chi connectivity index (χ0v) is 75.9. The predicted molar refractivity (Wildman–Crippen MR) is 485 cm³/mol. The van der Waals surface area contributed by atoms with E-state index in [0.717, 1.165) is 51.4 Å². The van der Waals surface area contributed by atoms with E-state index in [1.165, 1.54) is 353 Å². The van der Waals surface area contributed by atoms with E-state index in [4.69, 9.17) is 28.4 Å². The fourth-order valence-electron chi connectivity index (χ4n) is 16.9. The summed E-state index contributed by atoms with van der Waals surface area (Å²) in [6.45, 7) is 1.78. The molecule has 19 nitrogen and oxygen atoms in total. The Hall–Kier alpha value is -2.51. The number of carbonyl (C=O) groups is 1. The maximum Gasteiger partial charge on any atom is 0.220 e. The summed E-state index contributed by atoms with van der Waals surface area (Å²) < 4.78 is 34.6. The number of allylic oxidation sites excluding steroid dienone is 9. The molecule has 0 radical (unpaired) electrons. The molecule has 17 unspecified atom stereocenters. The van der Waals surface area contributed by atoms with E-state index in [1.54, 1.807) is 6.08 Å². The van der Waals surface area contributed by atoms with Gasteiger partial charge in [-0.25, -0.2) is 0 Å². The van der Waals surface area contributed by atoms with Crippen LogP contribution < -0.4 is 5.32 Å². The van der Waals surface area contributed by atoms with Crippen LogP contribution in [0.25, 0.3) is 0 Å². The van der Waals surface area contributed by atoms with Crippen LogP contribution >= 0.6 is 0 Å². The van der Waals surface area contributed by atoms with Crippen LogP contribution in [0.5, 0.6) is 0 Å². The molecular weight excluding hydrogens is 1500 g/mol. The molecule has 0 spiro atoms. The Morgan fingerprint density at radius 1 is 0.303 bits per heavy atom. The second-order valence-electron chi connectivity index (χ2n) is 35.6. The first kappa shape index (κ1) is 111. The largest absolute Gasteiger partial charge is 0.394 e. The van der Waals surface area contributed by atoms with Gasteiger partial charge in [-0.1, -0.05) is 421 Å². The van der Waals surface area contributed by atoms with Gasteiger partial charge in [0.15, 0.2) is 18.9 Å². The Balaban J connectivity index is 1.29. The van der Waals surface area contributed by atoms with Crippen LogP contribution in [-0.4, -0.2) is 193 Å². The first-order valence-corrected chi connectivity index (χ1v) is 50.0. The van der Waals surface area contributed by atoms with Gasteiger partial charge in [0.25, 0.3) is 0 Å². The first-order valence-electron chi connectivity index (χ1n) is 50.0. The number of nitrogens with one attached hydrogen (secondary N) is 1. The molecule has 1 amide bonds. The van der Waals surface area contributed by atoms with E-state index in [-0.39, 0.29) is 18.9 Å². The molecule has 0 aromatic heterocycles. The van der Waals surface area contributed by atoms with Crippen LogP contribution in [0.15, 0.2) is 60.8 Å². The summed E-state index contributed by atoms with van der Waals surface area (Å²) in [6.07, 6.45) is 79.9. The van der Waals surface area contributed by atoms with Gasteiger partial charge in [0, 0.05) is 6.42 Å². The molecular formula is C100H185NO18. The second kappa shape index (κ2) is 78.9. The zero-order valence-electron chi connectivity index (χ0n) is 75.9. The smallest absolute Gasteiger partial charge is 0.220 e. The third kappa shape index (κ3) is 56.3. The van der Waals surface area contributed by atoms with Crippen LogP contribution in [0.4, 0.5) is 0 Å². The van der Waals surface area contributed by atoms with Crippen molar-refractivity contribution < 1.29 is 89.4 Å². The summed E-state index contributed by atoms with van der Waals surface area (Å²) in [7, 11) is 0. The molecule has 0 aromatic carbocycles. The lowest BCUT2D eigenvalue weighted by atomic mass is 9.96. The quantitative estimate of drug-likeness (QED) is 0.0199. The minimum Gasteiger partial charge on any atom is -0.394 e. The SMILES string of the molecule is CCCCCCC/C=C\C/C=C\C/C=C\CCCCCCCCCCCCCCCCCCCCCCCCCCCCC(=O)NC(COC1OC(CO)C(OC2OC(CO)C(OC3OC(CO)C(O)C(O)C3O)C(O)C2O)C(O)C1O)C(O)/C=C/CC/C=C/CCCCCCCCCCCCCCCCCCCCCCCCCCCCC. The Labute approximate surface area is 726 Å². The van der Waals surface area contributed by atoms with Gasteiger partial charge in [0.1, 0.15) is 73.2 Å². The van der Waals surface area contributed by atoms with E-state index >= 15 is 0 Å². The summed E-state index contributed by atoms with van der Waals surface area (Å²) in [5.74, 6) is -0.277. The average molecular weight is 1690 g/mol. The Bertz CT molecular complexity index is 2380. The second-order valence-corrected chi connectivity index (χ2v) is 35.6. The normalized spacial score (nSPS) is 24.4. The Morgan fingerprint density at radius 2 is 0.563 bits per heavy atom. The lowest BCUT2D eigenvalue weighted by molar-refractivity contribution is -0.379. The summed E-state index contributed by atoms with van der Waals surface area (Å²) in [6, 6.07) is -0.993. The van der Waals surface area contributed by atoms with E-state index in [0.29, 0.717) is 12.8 Å². The highest BCUT2D eigenvalue weighted by Crippen LogP contribution is 2.34. The van der Waals surface area contributed by atoms with Crippen molar-refractivity contribution in [2.75, 3.05) is 26.4 Å². The summed E-state index contributed by atoms with van der Waals surface area (Å²) >= 11 is 0. The Kier molecular flexibility index (Phi) is 73.4. The van der Waals surface area contributed by atoms with Crippen molar-refractivity contribution in [2.24, 2.45) is 0 Å². The monoisotopic (exact) mass is 1690 g/mol. The highest BCUT2D eigenvalue weighted by atomic mass is 16.8. The number of amides is 1. The van der Waals surface area contributed by atoms with E-state index in [1.807, 2.05) is 6.08 Å². The summed E-state index contributed by atoms with van der Waals surface area (Å²) in [5, 5.41) is 121. The van der Waals surface area contributed by atoms with Crippen molar-refractivity contribution in [1.29, 1.82) is 0 Å². The number of unbranched alkanes of at least 4 members (excludes halogenated alkanes) is 59. The number of aliphatic hydroxyl groups excluding tert-OH is 11. The van der Waals surface area contributed by atoms with Crippen LogP contribution in [-0.2, 0) is 33.2 Å². The minimum absolute atomic E-state index is 0.239. The summed E-state index contributed by atoms with van der Waals surface area (Å²) in [4.78, 5) is 13.6. The van der Waals surface area contributed by atoms with Crippen molar-refractivity contribution in [3.05, 3.63) is 60.8 Å². The molecule has 3 saturated heterocycles. The van der Waals surface area contributed by atoms with E-state index in [2.05, 4.69) is 67.8 Å². The van der Waals surface area contributed by atoms with Crippen LogP contribution in [0.3, 0.4) is 0 Å². The number of hydrogen-bond donors (Lipinski definition) is 12. The van der Waals surface area contributed by atoms with Crippen molar-refractivity contribution in [2.45, 2.75) is 542 Å². The minimum atomic E-state index is -1.98. The molecule has 0 saturated carbocycles. The van der Waals surface area contributed by atoms with Gasteiger partial charge in [0.05, 0.1) is 38.6 Å². The van der Waals surface area contributed by atoms with Crippen LogP contribution in [0, 0.1) is 0 Å². The third-order valence-electron chi connectivity index (χ3n) is 24.8. The van der Waals surface area contributed by atoms with E-state index in [9.17, 15) is 61.0 Å². The summed E-state index contributed by atoms with van der Waals surface area (Å²) in [5.41, 5.74) is 0. The van der Waals surface area contributed by atoms with Gasteiger partial charge in [-0.05, 0) is 70.6 Å². The molecule has 12 N–H and O–H groups in total. The van der Waals surface area contributed by atoms with Crippen LogP contribution in [0.2, 0.25) is 0 Å². The number of ether oxygens (including phenoxy) is 6. The Morgan fingerprint density at radius 3 is 0.899 bits per heavy atom. The maximum absolute atomic E-state index is 13.6. The topological polar surface area (TPSA) is 307 Å². The fourth-order valence-corrected chi connectivity index (χ4v) is 16.9. The molecule has 0 aliphatic carbocycles. The molecule has 3 aliphatic heterocycles. The number of carbonyl (C=O) groups excluding carboxylic acids is 1. The molecule has 3 fully saturated rings. The average Bonchev–Trinajstić information content (AvgIpc) is 0.778. The molecule has 17 atom stereocenters. The van der Waals surface area contributed by atoms with Gasteiger partial charge in [-0.2, -0.15) is 0 Å². The first-order chi connectivity index (χ1) is 58.3. The van der Waals surface area contributed by atoms with Gasteiger partial charge in [-0.15, -0.1) is 0 Å². The molecule has 3 heterocycles. The number of hydrogen-bond acceptors (Lipinski definition) is 18. The molecule has 19 heteroatoms. The highest BCUT2D eigenvalue weighted by Gasteiger charge is 2.54. The third-order valence-corrected chi connectivity index (χ3v) is 24.8. The molecule has 3 aliphatic rings. The standard InChI is InChI=1S/C100H185NO18/c1-3-5-7-9-11-13-15-17-19-21-23-25-27-29-31-33-35-37-38-39-40-41-42-43-44-46-48-50-52-54-56-58-60-62-64-66-68-70-72-74-76-78-88(106)101-83(84(105)77-75-73-71-69-67-65-63-61-59-57-55-53-51-49-47-45-36-34-32-30-28-26-24-22-20-18-16-14-12-10-8-6-4-2)82-114-98-94(112)91(109)96(86(80-103)116-98)119-100-95(113)92(110)97(87(81-104)117-100)118-99-93(111)90(108)89(107)85(79-102)115-99/h15,17,21,23,27,29,67,69,75,77,83-87,89-100,102-105,107-113H,3-14,16,18-20,22,24-26,28,30-66,68,70-74,76,78-82H2,1-2H3,(H,101,106)/b17-15-,23-21-,29-27-,69-67+,77-75+. The van der Waals surface area contributed by atoms with Crippen molar-refractivity contribution in [3.8, 4) is 0 Å². The lowest BCUT2D eigenvalue weighted by Gasteiger charge is -2.48. The van der Waals surface area contributed by atoms with Crippen LogP contribution in [0.1, 0.15) is 438 Å². The van der Waals surface area contributed by atoms with Crippen molar-refractivity contribution in [1.82, 2.24) is 5.32 Å². The van der Waals surface area contributed by atoms with Gasteiger partial charge < -0.3 is 89.9 Å². The van der Waals surface area contributed by atoms with Crippen molar-refractivity contribution >= 4 is 5.91 Å². The number of rotatable bonds is 83.